The number of rotatable bonds is 2. The van der Waals surface area contributed by atoms with E-state index in [0.29, 0.717) is 13.0 Å². The minimum absolute atomic E-state index is 0.161. The first kappa shape index (κ1) is 15.8. The Morgan fingerprint density at radius 2 is 2.00 bits per heavy atom. The largest absolute Gasteiger partial charge is 0.469 e. The van der Waals surface area contributed by atoms with Crippen molar-refractivity contribution < 1.29 is 24.2 Å². The number of hydrogen-bond acceptors (Lipinski definition) is 5. The molecule has 2 atom stereocenters. The van der Waals surface area contributed by atoms with Crippen LogP contribution in [0.15, 0.2) is 0 Å². The normalized spacial score (nSPS) is 23.9. The summed E-state index contributed by atoms with van der Waals surface area (Å²) in [5.74, 6) is -0.499. The summed E-state index contributed by atoms with van der Waals surface area (Å²) in [6.07, 6.45) is -0.404. The number of carbonyl (C=O) groups is 2. The lowest BCUT2D eigenvalue weighted by Gasteiger charge is -2.36. The molecule has 0 saturated carbocycles. The number of aliphatic hydroxyl groups is 1. The second-order valence-electron chi connectivity index (χ2n) is 5.82. The number of piperidine rings is 1. The third kappa shape index (κ3) is 5.06. The average molecular weight is 273 g/mol. The van der Waals surface area contributed by atoms with Crippen molar-refractivity contribution in [3.8, 4) is 0 Å². The molecule has 1 aliphatic rings. The van der Waals surface area contributed by atoms with Gasteiger partial charge in [0.05, 0.1) is 26.2 Å². The summed E-state index contributed by atoms with van der Waals surface area (Å²) in [7, 11) is 1.32. The molecule has 0 unspecified atom stereocenters. The summed E-state index contributed by atoms with van der Waals surface area (Å²) >= 11 is 0. The highest BCUT2D eigenvalue weighted by Gasteiger charge is 2.33. The topological polar surface area (TPSA) is 76.1 Å². The fourth-order valence-corrected chi connectivity index (χ4v) is 2.01. The van der Waals surface area contributed by atoms with E-state index in [1.165, 1.54) is 12.0 Å². The molecule has 6 nitrogen and oxygen atoms in total. The van der Waals surface area contributed by atoms with Gasteiger partial charge in [0.1, 0.15) is 5.60 Å². The van der Waals surface area contributed by atoms with Gasteiger partial charge in [-0.15, -0.1) is 0 Å². The molecule has 1 heterocycles. The lowest BCUT2D eigenvalue weighted by atomic mass is 9.91. The van der Waals surface area contributed by atoms with Gasteiger partial charge >= 0.3 is 12.1 Å². The van der Waals surface area contributed by atoms with Gasteiger partial charge in [0, 0.05) is 6.54 Å². The lowest BCUT2D eigenvalue weighted by Crippen LogP contribution is -2.48. The van der Waals surface area contributed by atoms with Crippen LogP contribution in [0.4, 0.5) is 4.79 Å². The van der Waals surface area contributed by atoms with Gasteiger partial charge in [-0.05, 0) is 33.1 Å². The number of aliphatic hydroxyl groups excluding tert-OH is 1. The van der Waals surface area contributed by atoms with E-state index in [9.17, 15) is 14.7 Å². The van der Waals surface area contributed by atoms with Gasteiger partial charge in [0.15, 0.2) is 0 Å². The van der Waals surface area contributed by atoms with Gasteiger partial charge in [-0.1, -0.05) is 0 Å². The van der Waals surface area contributed by atoms with Crippen LogP contribution < -0.4 is 0 Å². The van der Waals surface area contributed by atoms with Crippen LogP contribution in [-0.4, -0.2) is 54.0 Å². The molecule has 19 heavy (non-hydrogen) atoms. The summed E-state index contributed by atoms with van der Waals surface area (Å²) in [4.78, 5) is 24.5. The van der Waals surface area contributed by atoms with Gasteiger partial charge in [-0.2, -0.15) is 0 Å². The molecule has 0 aliphatic carbocycles. The van der Waals surface area contributed by atoms with E-state index in [-0.39, 0.29) is 24.9 Å². The van der Waals surface area contributed by atoms with Crippen LogP contribution in [0.25, 0.3) is 0 Å². The maximum Gasteiger partial charge on any atom is 0.410 e. The standard InChI is InChI=1S/C13H23NO5/c1-13(2,3)19-12(17)14-6-5-9(10(15)8-14)7-11(16)18-4/h9-10,15H,5-8H2,1-4H3/t9-,10+/m1/s1. The van der Waals surface area contributed by atoms with E-state index in [1.807, 2.05) is 0 Å². The molecule has 1 amide bonds. The average Bonchev–Trinajstić information content (AvgIpc) is 2.29. The molecule has 0 bridgehead atoms. The minimum Gasteiger partial charge on any atom is -0.469 e. The van der Waals surface area contributed by atoms with Gasteiger partial charge in [0.2, 0.25) is 0 Å². The number of β-amino-alcohol motifs (C(OH)–C–C–N with tert-alkyl or cyclic N) is 1. The lowest BCUT2D eigenvalue weighted by molar-refractivity contribution is -0.143. The van der Waals surface area contributed by atoms with Crippen LogP contribution in [0.1, 0.15) is 33.6 Å². The molecule has 110 valence electrons. The molecule has 0 radical (unpaired) electrons. The van der Waals surface area contributed by atoms with Gasteiger partial charge in [0.25, 0.3) is 0 Å². The molecule has 0 aromatic carbocycles. The molecule has 1 fully saturated rings. The molecule has 1 aliphatic heterocycles. The summed E-state index contributed by atoms with van der Waals surface area (Å²) in [6.45, 7) is 6.06. The number of ether oxygens (including phenoxy) is 2. The van der Waals surface area contributed by atoms with Gasteiger partial charge < -0.3 is 19.5 Å². The minimum atomic E-state index is -0.722. The highest BCUT2D eigenvalue weighted by molar-refractivity contribution is 5.70. The Balaban J connectivity index is 2.49. The molecule has 6 heteroatoms. The molecular weight excluding hydrogens is 250 g/mol. The van der Waals surface area contributed by atoms with E-state index in [0.717, 1.165) is 0 Å². The third-order valence-electron chi connectivity index (χ3n) is 3.03. The molecule has 0 aromatic heterocycles. The zero-order valence-corrected chi connectivity index (χ0v) is 12.0. The Kier molecular flexibility index (Phi) is 5.17. The van der Waals surface area contributed by atoms with Crippen LogP contribution >= 0.6 is 0 Å². The predicted octanol–water partition coefficient (Wildman–Crippen LogP) is 1.17. The number of esters is 1. The van der Waals surface area contributed by atoms with Crippen molar-refractivity contribution in [3.05, 3.63) is 0 Å². The van der Waals surface area contributed by atoms with Crippen LogP contribution in [-0.2, 0) is 14.3 Å². The van der Waals surface area contributed by atoms with E-state index in [1.54, 1.807) is 20.8 Å². The van der Waals surface area contributed by atoms with Crippen LogP contribution in [0.3, 0.4) is 0 Å². The molecule has 0 spiro atoms. The highest BCUT2D eigenvalue weighted by Crippen LogP contribution is 2.23. The van der Waals surface area contributed by atoms with Crippen LogP contribution in [0.2, 0.25) is 0 Å². The van der Waals surface area contributed by atoms with Crippen molar-refractivity contribution in [1.82, 2.24) is 4.90 Å². The van der Waals surface area contributed by atoms with Crippen LogP contribution in [0.5, 0.6) is 0 Å². The first-order valence-electron chi connectivity index (χ1n) is 6.45. The first-order chi connectivity index (χ1) is 8.73. The Bertz CT molecular complexity index is 336. The number of nitrogens with zero attached hydrogens (tertiary/aromatic N) is 1. The Labute approximate surface area is 113 Å². The number of likely N-dealkylation sites (tertiary alicyclic amines) is 1. The third-order valence-corrected chi connectivity index (χ3v) is 3.03. The van der Waals surface area contributed by atoms with E-state index < -0.39 is 17.8 Å². The fourth-order valence-electron chi connectivity index (χ4n) is 2.01. The zero-order chi connectivity index (χ0) is 14.6. The van der Waals surface area contributed by atoms with Gasteiger partial charge in [-0.3, -0.25) is 4.79 Å². The second kappa shape index (κ2) is 6.23. The molecule has 1 N–H and O–H groups in total. The van der Waals surface area contributed by atoms with Crippen molar-refractivity contribution in [1.29, 1.82) is 0 Å². The molecule has 1 rings (SSSR count). The smallest absolute Gasteiger partial charge is 0.410 e. The van der Waals surface area contributed by atoms with E-state index >= 15 is 0 Å². The zero-order valence-electron chi connectivity index (χ0n) is 12.0. The number of methoxy groups -OCH3 is 1. The van der Waals surface area contributed by atoms with Crippen molar-refractivity contribution in [2.24, 2.45) is 5.92 Å². The van der Waals surface area contributed by atoms with Crippen molar-refractivity contribution in [3.63, 3.8) is 0 Å². The first-order valence-corrected chi connectivity index (χ1v) is 6.45. The van der Waals surface area contributed by atoms with E-state index in [2.05, 4.69) is 4.74 Å². The summed E-state index contributed by atoms with van der Waals surface area (Å²) in [5, 5.41) is 9.97. The molecule has 1 saturated heterocycles. The van der Waals surface area contributed by atoms with Crippen molar-refractivity contribution in [2.45, 2.75) is 45.3 Å². The van der Waals surface area contributed by atoms with Crippen molar-refractivity contribution >= 4 is 12.1 Å². The Hall–Kier alpha value is -1.30. The number of carbonyl (C=O) groups excluding carboxylic acids is 2. The summed E-state index contributed by atoms with van der Waals surface area (Å²) < 4.78 is 9.83. The molecule has 0 aromatic rings. The van der Waals surface area contributed by atoms with Crippen molar-refractivity contribution in [2.75, 3.05) is 20.2 Å². The SMILES string of the molecule is COC(=O)C[C@H]1CCN(C(=O)OC(C)(C)C)C[C@@H]1O. The predicted molar refractivity (Wildman–Crippen MR) is 68.6 cm³/mol. The number of hydrogen-bond donors (Lipinski definition) is 1. The number of amides is 1. The summed E-state index contributed by atoms with van der Waals surface area (Å²) in [5.41, 5.74) is -0.551. The second-order valence-corrected chi connectivity index (χ2v) is 5.82. The highest BCUT2D eigenvalue weighted by atomic mass is 16.6. The molecular formula is C13H23NO5. The van der Waals surface area contributed by atoms with E-state index in [4.69, 9.17) is 4.74 Å². The summed E-state index contributed by atoms with van der Waals surface area (Å²) in [6, 6.07) is 0. The Morgan fingerprint density at radius 1 is 1.37 bits per heavy atom. The fraction of sp³-hybridized carbons (Fsp3) is 0.846. The maximum absolute atomic E-state index is 11.8. The maximum atomic E-state index is 11.8. The Morgan fingerprint density at radius 3 is 2.47 bits per heavy atom. The van der Waals surface area contributed by atoms with Crippen LogP contribution in [0, 0.1) is 5.92 Å². The van der Waals surface area contributed by atoms with Gasteiger partial charge in [-0.25, -0.2) is 4.79 Å². The quantitative estimate of drug-likeness (QED) is 0.764. The monoisotopic (exact) mass is 273 g/mol.